The van der Waals surface area contributed by atoms with Gasteiger partial charge in [-0.05, 0) is 38.6 Å². The number of nitrogens with two attached hydrogens (primary N) is 1. The lowest BCUT2D eigenvalue weighted by Crippen LogP contribution is -2.53. The summed E-state index contributed by atoms with van der Waals surface area (Å²) in [6.07, 6.45) is 9.29. The summed E-state index contributed by atoms with van der Waals surface area (Å²) in [5.74, 6) is 0.949. The van der Waals surface area contributed by atoms with E-state index in [1.54, 1.807) is 0 Å². The fraction of sp³-hybridized carbons (Fsp3) is 1.00. The van der Waals surface area contributed by atoms with Crippen LogP contribution in [0.3, 0.4) is 0 Å². The summed E-state index contributed by atoms with van der Waals surface area (Å²) in [5.41, 5.74) is 6.35. The molecular weight excluding hydrogens is 196 g/mol. The molecule has 0 aromatic rings. The Balaban J connectivity index is 2.56. The summed E-state index contributed by atoms with van der Waals surface area (Å²) < 4.78 is 0. The molecule has 1 aliphatic carbocycles. The van der Waals surface area contributed by atoms with Crippen LogP contribution >= 0.6 is 0 Å². The van der Waals surface area contributed by atoms with Gasteiger partial charge >= 0.3 is 0 Å². The Labute approximate surface area is 102 Å². The standard InChI is InChI=1S/C14H30N2/c1-4-9-14(12-15,10-5-2)16(3)11-13-7-6-8-13/h13H,4-12,15H2,1-3H3. The van der Waals surface area contributed by atoms with Gasteiger partial charge in [-0.15, -0.1) is 0 Å². The fourth-order valence-corrected chi connectivity index (χ4v) is 3.05. The Hall–Kier alpha value is -0.0800. The van der Waals surface area contributed by atoms with E-state index in [0.717, 1.165) is 12.5 Å². The molecule has 0 heterocycles. The van der Waals surface area contributed by atoms with Crippen LogP contribution in [0, 0.1) is 5.92 Å². The predicted molar refractivity (Wildman–Crippen MR) is 71.6 cm³/mol. The first-order chi connectivity index (χ1) is 7.68. The fourth-order valence-electron chi connectivity index (χ4n) is 3.05. The summed E-state index contributed by atoms with van der Waals surface area (Å²) in [6.45, 7) is 6.63. The van der Waals surface area contributed by atoms with Gasteiger partial charge in [-0.25, -0.2) is 0 Å². The van der Waals surface area contributed by atoms with Crippen LogP contribution in [0.4, 0.5) is 0 Å². The van der Waals surface area contributed by atoms with Crippen molar-refractivity contribution in [2.75, 3.05) is 20.1 Å². The highest BCUT2D eigenvalue weighted by atomic mass is 15.2. The number of rotatable bonds is 8. The minimum absolute atomic E-state index is 0.277. The molecule has 1 rings (SSSR count). The third-order valence-corrected chi connectivity index (χ3v) is 4.38. The van der Waals surface area contributed by atoms with Gasteiger partial charge < -0.3 is 5.73 Å². The molecule has 16 heavy (non-hydrogen) atoms. The number of nitrogens with zero attached hydrogens (tertiary/aromatic N) is 1. The summed E-state index contributed by atoms with van der Waals surface area (Å²) in [4.78, 5) is 2.57. The molecule has 1 fully saturated rings. The molecule has 96 valence electrons. The zero-order chi connectivity index (χ0) is 12.0. The quantitative estimate of drug-likeness (QED) is 0.689. The average molecular weight is 226 g/mol. The molecule has 1 saturated carbocycles. The number of hydrogen-bond acceptors (Lipinski definition) is 2. The topological polar surface area (TPSA) is 29.3 Å². The van der Waals surface area contributed by atoms with E-state index in [4.69, 9.17) is 5.73 Å². The Morgan fingerprint density at radius 2 is 1.75 bits per heavy atom. The predicted octanol–water partition coefficient (Wildman–Crippen LogP) is 3.02. The summed E-state index contributed by atoms with van der Waals surface area (Å²) in [5, 5.41) is 0. The minimum atomic E-state index is 0.277. The maximum Gasteiger partial charge on any atom is 0.0328 e. The molecule has 2 N–H and O–H groups in total. The summed E-state index contributed by atoms with van der Waals surface area (Å²) in [7, 11) is 2.29. The molecule has 0 aliphatic heterocycles. The van der Waals surface area contributed by atoms with E-state index in [1.807, 2.05) is 0 Å². The van der Waals surface area contributed by atoms with Crippen LogP contribution in [0.5, 0.6) is 0 Å². The van der Waals surface area contributed by atoms with Gasteiger partial charge in [0.25, 0.3) is 0 Å². The van der Waals surface area contributed by atoms with Gasteiger partial charge in [-0.1, -0.05) is 33.1 Å². The van der Waals surface area contributed by atoms with Crippen LogP contribution in [0.2, 0.25) is 0 Å². The molecule has 0 spiro atoms. The first kappa shape index (κ1) is 14.0. The zero-order valence-corrected chi connectivity index (χ0v) is 11.5. The molecule has 2 heteroatoms. The molecule has 0 atom stereocenters. The van der Waals surface area contributed by atoms with E-state index >= 15 is 0 Å². The number of likely N-dealkylation sites (N-methyl/N-ethyl adjacent to an activating group) is 1. The molecule has 0 aromatic heterocycles. The Morgan fingerprint density at radius 1 is 1.19 bits per heavy atom. The van der Waals surface area contributed by atoms with E-state index in [0.29, 0.717) is 0 Å². The van der Waals surface area contributed by atoms with Gasteiger partial charge in [0, 0.05) is 18.6 Å². The first-order valence-electron chi connectivity index (χ1n) is 7.09. The van der Waals surface area contributed by atoms with E-state index in [-0.39, 0.29) is 5.54 Å². The molecule has 2 nitrogen and oxygen atoms in total. The van der Waals surface area contributed by atoms with Crippen LogP contribution in [0.1, 0.15) is 58.8 Å². The highest BCUT2D eigenvalue weighted by Crippen LogP contribution is 2.31. The second kappa shape index (κ2) is 6.61. The smallest absolute Gasteiger partial charge is 0.0328 e. The normalized spacial score (nSPS) is 17.8. The summed E-state index contributed by atoms with van der Waals surface area (Å²) >= 11 is 0. The number of hydrogen-bond donors (Lipinski definition) is 1. The second-order valence-corrected chi connectivity index (χ2v) is 5.61. The largest absolute Gasteiger partial charge is 0.329 e. The van der Waals surface area contributed by atoms with Crippen molar-refractivity contribution in [2.45, 2.75) is 64.3 Å². The van der Waals surface area contributed by atoms with Gasteiger partial charge in [-0.2, -0.15) is 0 Å². The van der Waals surface area contributed by atoms with Gasteiger partial charge in [0.05, 0.1) is 0 Å². The lowest BCUT2D eigenvalue weighted by molar-refractivity contribution is 0.0685. The van der Waals surface area contributed by atoms with Crippen molar-refractivity contribution in [3.63, 3.8) is 0 Å². The SMILES string of the molecule is CCCC(CN)(CCC)N(C)CC1CCC1. The van der Waals surface area contributed by atoms with Gasteiger partial charge in [0.1, 0.15) is 0 Å². The van der Waals surface area contributed by atoms with E-state index < -0.39 is 0 Å². The Morgan fingerprint density at radius 3 is 2.06 bits per heavy atom. The molecular formula is C14H30N2. The second-order valence-electron chi connectivity index (χ2n) is 5.61. The van der Waals surface area contributed by atoms with Crippen molar-refractivity contribution in [3.05, 3.63) is 0 Å². The van der Waals surface area contributed by atoms with E-state index in [9.17, 15) is 0 Å². The monoisotopic (exact) mass is 226 g/mol. The van der Waals surface area contributed by atoms with Gasteiger partial charge in [0.15, 0.2) is 0 Å². The van der Waals surface area contributed by atoms with Crippen molar-refractivity contribution < 1.29 is 0 Å². The molecule has 0 radical (unpaired) electrons. The zero-order valence-electron chi connectivity index (χ0n) is 11.5. The van der Waals surface area contributed by atoms with Crippen molar-refractivity contribution >= 4 is 0 Å². The molecule has 0 unspecified atom stereocenters. The summed E-state index contributed by atoms with van der Waals surface area (Å²) in [6, 6.07) is 0. The first-order valence-corrected chi connectivity index (χ1v) is 7.09. The van der Waals surface area contributed by atoms with Crippen LogP contribution in [-0.2, 0) is 0 Å². The third-order valence-electron chi connectivity index (χ3n) is 4.38. The average Bonchev–Trinajstić information content (AvgIpc) is 2.22. The lowest BCUT2D eigenvalue weighted by Gasteiger charge is -2.44. The maximum absolute atomic E-state index is 6.07. The molecule has 0 saturated heterocycles. The Bertz CT molecular complexity index is 181. The van der Waals surface area contributed by atoms with Crippen LogP contribution < -0.4 is 5.73 Å². The van der Waals surface area contributed by atoms with E-state index in [1.165, 1.54) is 51.5 Å². The maximum atomic E-state index is 6.07. The molecule has 0 bridgehead atoms. The van der Waals surface area contributed by atoms with Gasteiger partial charge in [0.2, 0.25) is 0 Å². The van der Waals surface area contributed by atoms with Crippen molar-refractivity contribution in [1.29, 1.82) is 0 Å². The van der Waals surface area contributed by atoms with E-state index in [2.05, 4.69) is 25.8 Å². The Kier molecular flexibility index (Phi) is 5.77. The van der Waals surface area contributed by atoms with Crippen LogP contribution in [0.15, 0.2) is 0 Å². The highest BCUT2D eigenvalue weighted by molar-refractivity contribution is 4.91. The molecule has 1 aliphatic rings. The van der Waals surface area contributed by atoms with Gasteiger partial charge in [-0.3, -0.25) is 4.90 Å². The van der Waals surface area contributed by atoms with Crippen molar-refractivity contribution in [2.24, 2.45) is 11.7 Å². The highest BCUT2D eigenvalue weighted by Gasteiger charge is 2.33. The van der Waals surface area contributed by atoms with Crippen LogP contribution in [0.25, 0.3) is 0 Å². The van der Waals surface area contributed by atoms with Crippen molar-refractivity contribution in [3.8, 4) is 0 Å². The van der Waals surface area contributed by atoms with Crippen LogP contribution in [-0.4, -0.2) is 30.6 Å². The molecule has 0 amide bonds. The third kappa shape index (κ3) is 3.21. The minimum Gasteiger partial charge on any atom is -0.329 e. The lowest BCUT2D eigenvalue weighted by atomic mass is 9.81. The van der Waals surface area contributed by atoms with Crippen molar-refractivity contribution in [1.82, 2.24) is 4.90 Å². The molecule has 0 aromatic carbocycles.